The summed E-state index contributed by atoms with van der Waals surface area (Å²) in [4.78, 5) is 0. The van der Waals surface area contributed by atoms with Crippen LogP contribution >= 0.6 is 0 Å². The monoisotopic (exact) mass is 319 g/mol. The SMILES string of the molecule is CC(C)=[CH][Bi][CH]=C(C)C. The molecule has 0 aromatic heterocycles. The summed E-state index contributed by atoms with van der Waals surface area (Å²) in [6.45, 7) is 8.68. The summed E-state index contributed by atoms with van der Waals surface area (Å²) in [6, 6.07) is 0. The van der Waals surface area contributed by atoms with E-state index in [-0.39, 0.29) is 23.2 Å². The summed E-state index contributed by atoms with van der Waals surface area (Å²) in [7, 11) is 0. The third-order valence-electron chi connectivity index (χ3n) is 0.665. The van der Waals surface area contributed by atoms with E-state index in [1.165, 1.54) is 11.1 Å². The van der Waals surface area contributed by atoms with Gasteiger partial charge >= 0.3 is 69.6 Å². The molecule has 51 valence electrons. The van der Waals surface area contributed by atoms with E-state index in [0.717, 1.165) is 0 Å². The maximum absolute atomic E-state index is 2.41. The van der Waals surface area contributed by atoms with E-state index in [4.69, 9.17) is 0 Å². The van der Waals surface area contributed by atoms with Gasteiger partial charge in [-0.25, -0.2) is 0 Å². The van der Waals surface area contributed by atoms with Crippen LogP contribution in [0.5, 0.6) is 0 Å². The summed E-state index contributed by atoms with van der Waals surface area (Å²) >= 11 is -0.336. The summed E-state index contributed by atoms with van der Waals surface area (Å²) < 4.78 is 4.82. The Morgan fingerprint density at radius 2 is 1.22 bits per heavy atom. The van der Waals surface area contributed by atoms with E-state index in [1.807, 2.05) is 0 Å². The predicted octanol–water partition coefficient (Wildman–Crippen LogP) is 2.54. The first-order valence-corrected chi connectivity index (χ1v) is 7.11. The maximum atomic E-state index is 2.41. The topological polar surface area (TPSA) is 0 Å². The van der Waals surface area contributed by atoms with Crippen LogP contribution in [-0.4, -0.2) is 23.2 Å². The molecule has 0 fully saturated rings. The first-order valence-electron chi connectivity index (χ1n) is 3.09. The molecule has 0 rings (SSSR count). The second-order valence-corrected chi connectivity index (χ2v) is 5.73. The van der Waals surface area contributed by atoms with Crippen molar-refractivity contribution in [1.82, 2.24) is 0 Å². The average molecular weight is 319 g/mol. The standard InChI is InChI=1S/2C4H7.Bi/c2*1-4(2)3;/h2*1H,2-3H3;. The van der Waals surface area contributed by atoms with Crippen LogP contribution in [0.1, 0.15) is 27.7 Å². The van der Waals surface area contributed by atoms with Crippen LogP contribution in [0.25, 0.3) is 0 Å². The Labute approximate surface area is 69.6 Å². The molecule has 0 unspecified atom stereocenters. The van der Waals surface area contributed by atoms with Crippen molar-refractivity contribution in [2.24, 2.45) is 0 Å². The van der Waals surface area contributed by atoms with Crippen molar-refractivity contribution in [2.75, 3.05) is 0 Å². The van der Waals surface area contributed by atoms with Gasteiger partial charge in [0.25, 0.3) is 0 Å². The van der Waals surface area contributed by atoms with Gasteiger partial charge in [0.1, 0.15) is 0 Å². The molecule has 0 aliphatic heterocycles. The molecule has 0 saturated carbocycles. The minimum absolute atomic E-state index is 0.336. The van der Waals surface area contributed by atoms with Crippen molar-refractivity contribution in [2.45, 2.75) is 27.7 Å². The molecule has 0 nitrogen and oxygen atoms in total. The molecule has 0 aliphatic carbocycles. The second-order valence-electron chi connectivity index (χ2n) is 2.56. The Morgan fingerprint density at radius 3 is 1.44 bits per heavy atom. The van der Waals surface area contributed by atoms with Crippen molar-refractivity contribution in [3.8, 4) is 0 Å². The molecule has 0 aromatic carbocycles. The predicted molar refractivity (Wildman–Crippen MR) is 44.6 cm³/mol. The molecule has 0 spiro atoms. The van der Waals surface area contributed by atoms with Gasteiger partial charge in [-0.3, -0.25) is 0 Å². The Balaban J connectivity index is 3.53. The van der Waals surface area contributed by atoms with E-state index in [1.54, 1.807) is 0 Å². The Morgan fingerprint density at radius 1 is 0.889 bits per heavy atom. The van der Waals surface area contributed by atoms with Gasteiger partial charge in [-0.05, 0) is 0 Å². The first-order chi connectivity index (χ1) is 4.13. The van der Waals surface area contributed by atoms with Crippen molar-refractivity contribution in [3.63, 3.8) is 0 Å². The summed E-state index contributed by atoms with van der Waals surface area (Å²) in [5, 5.41) is 0. The van der Waals surface area contributed by atoms with Crippen LogP contribution in [0.2, 0.25) is 0 Å². The molecular weight excluding hydrogens is 305 g/mol. The fourth-order valence-corrected chi connectivity index (χ4v) is 2.94. The molecule has 1 heteroatoms. The van der Waals surface area contributed by atoms with Crippen molar-refractivity contribution >= 4 is 23.2 Å². The normalized spacial score (nSPS) is 8.44. The second kappa shape index (κ2) is 5.17. The van der Waals surface area contributed by atoms with Crippen molar-refractivity contribution in [3.05, 3.63) is 18.7 Å². The van der Waals surface area contributed by atoms with E-state index >= 15 is 0 Å². The van der Waals surface area contributed by atoms with Gasteiger partial charge in [0.2, 0.25) is 0 Å². The zero-order valence-corrected chi connectivity index (χ0v) is 10.1. The van der Waals surface area contributed by atoms with Gasteiger partial charge in [0, 0.05) is 0 Å². The fraction of sp³-hybridized carbons (Fsp3) is 0.500. The third kappa shape index (κ3) is 8.36. The van der Waals surface area contributed by atoms with Gasteiger partial charge in [-0.2, -0.15) is 0 Å². The molecule has 9 heavy (non-hydrogen) atoms. The van der Waals surface area contributed by atoms with Gasteiger partial charge in [-0.15, -0.1) is 0 Å². The molecule has 0 bridgehead atoms. The molecule has 0 saturated heterocycles. The van der Waals surface area contributed by atoms with E-state index in [2.05, 4.69) is 35.3 Å². The molecule has 0 aromatic rings. The molecule has 0 heterocycles. The third-order valence-corrected chi connectivity index (χ3v) is 5.84. The summed E-state index contributed by atoms with van der Waals surface area (Å²) in [5.74, 6) is 0. The van der Waals surface area contributed by atoms with Gasteiger partial charge < -0.3 is 0 Å². The van der Waals surface area contributed by atoms with E-state index in [0.29, 0.717) is 0 Å². The Kier molecular flexibility index (Phi) is 5.38. The molecule has 0 amide bonds. The zero-order valence-electron chi connectivity index (χ0n) is 6.60. The summed E-state index contributed by atoms with van der Waals surface area (Å²) in [5.41, 5.74) is 2.95. The zero-order chi connectivity index (χ0) is 7.28. The van der Waals surface area contributed by atoms with Crippen LogP contribution in [0.15, 0.2) is 18.7 Å². The molecule has 1 radical (unpaired) electrons. The van der Waals surface area contributed by atoms with Crippen LogP contribution in [0.3, 0.4) is 0 Å². The molecule has 0 atom stereocenters. The van der Waals surface area contributed by atoms with Crippen LogP contribution in [0, 0.1) is 0 Å². The van der Waals surface area contributed by atoms with Crippen molar-refractivity contribution in [1.29, 1.82) is 0 Å². The number of rotatable bonds is 2. The quantitative estimate of drug-likeness (QED) is 0.686. The first kappa shape index (κ1) is 9.36. The van der Waals surface area contributed by atoms with Gasteiger partial charge in [-0.1, -0.05) is 0 Å². The number of hydrogen-bond donors (Lipinski definition) is 0. The van der Waals surface area contributed by atoms with E-state index in [9.17, 15) is 0 Å². The van der Waals surface area contributed by atoms with Gasteiger partial charge in [0.05, 0.1) is 0 Å². The van der Waals surface area contributed by atoms with Crippen LogP contribution in [-0.2, 0) is 0 Å². The fourth-order valence-electron chi connectivity index (χ4n) is 0.335. The van der Waals surface area contributed by atoms with E-state index < -0.39 is 0 Å². The molecular formula is C8H14Bi. The van der Waals surface area contributed by atoms with Gasteiger partial charge in [0.15, 0.2) is 0 Å². The van der Waals surface area contributed by atoms with Crippen LogP contribution in [0.4, 0.5) is 0 Å². The van der Waals surface area contributed by atoms with Crippen LogP contribution < -0.4 is 0 Å². The minimum atomic E-state index is -0.336. The molecule has 0 N–H and O–H groups in total. The van der Waals surface area contributed by atoms with Crippen molar-refractivity contribution < 1.29 is 0 Å². The molecule has 0 aliphatic rings. The Bertz CT molecular complexity index is 108. The number of allylic oxidation sites excluding steroid dienone is 2. The number of hydrogen-bond acceptors (Lipinski definition) is 0. The summed E-state index contributed by atoms with van der Waals surface area (Å²) in [6.07, 6.45) is 0. The average Bonchev–Trinajstić information content (AvgIpc) is 1.63. The Hall–Kier alpha value is 0.363.